The molecule has 0 aliphatic rings. The molecule has 1 unspecified atom stereocenters. The fourth-order valence-electron chi connectivity index (χ4n) is 2.61. The summed E-state index contributed by atoms with van der Waals surface area (Å²) in [5, 5.41) is 0. The van der Waals surface area contributed by atoms with Gasteiger partial charge >= 0.3 is 0 Å². The maximum atomic E-state index is 6.08. The number of aromatic nitrogens is 2. The number of hydrogen-bond acceptors (Lipinski definition) is 3. The number of halogens is 1. The highest BCUT2D eigenvalue weighted by atomic mass is 35.5. The van der Waals surface area contributed by atoms with Crippen LogP contribution in [0.25, 0.3) is 11.0 Å². The third-order valence-corrected chi connectivity index (χ3v) is 3.48. The Hall–Kier alpha value is -1.26. The highest BCUT2D eigenvalue weighted by molar-refractivity contribution is 6.16. The van der Waals surface area contributed by atoms with E-state index < -0.39 is 0 Å². The molecule has 0 bridgehead atoms. The largest absolute Gasteiger partial charge is 0.492 e. The van der Waals surface area contributed by atoms with Gasteiger partial charge in [0, 0.05) is 12.6 Å². The van der Waals surface area contributed by atoms with Crippen LogP contribution in [0.1, 0.15) is 25.7 Å². The third kappa shape index (κ3) is 2.91. The van der Waals surface area contributed by atoms with Gasteiger partial charge in [0.1, 0.15) is 17.1 Å². The summed E-state index contributed by atoms with van der Waals surface area (Å²) in [5.74, 6) is 2.12. The van der Waals surface area contributed by atoms with Crippen LogP contribution in [0.2, 0.25) is 0 Å². The van der Waals surface area contributed by atoms with Gasteiger partial charge in [0.25, 0.3) is 0 Å². The van der Waals surface area contributed by atoms with Gasteiger partial charge in [-0.15, -0.1) is 11.6 Å². The highest BCUT2D eigenvalue weighted by Crippen LogP contribution is 2.29. The Morgan fingerprint density at radius 3 is 2.75 bits per heavy atom. The Morgan fingerprint density at radius 1 is 1.40 bits per heavy atom. The number of ether oxygens (including phenoxy) is 1. The molecule has 0 aliphatic carbocycles. The molecule has 5 heteroatoms. The molecule has 1 aromatic heterocycles. The molecule has 1 heterocycles. The van der Waals surface area contributed by atoms with Crippen molar-refractivity contribution in [2.24, 2.45) is 0 Å². The molecule has 110 valence electrons. The van der Waals surface area contributed by atoms with Crippen LogP contribution in [-0.4, -0.2) is 41.7 Å². The van der Waals surface area contributed by atoms with E-state index in [2.05, 4.69) is 41.5 Å². The van der Waals surface area contributed by atoms with Gasteiger partial charge < -0.3 is 14.2 Å². The van der Waals surface area contributed by atoms with Crippen molar-refractivity contribution >= 4 is 22.6 Å². The second kappa shape index (κ2) is 6.46. The van der Waals surface area contributed by atoms with Crippen LogP contribution in [0, 0.1) is 0 Å². The zero-order chi connectivity index (χ0) is 14.7. The van der Waals surface area contributed by atoms with Crippen LogP contribution in [0.4, 0.5) is 0 Å². The Balaban J connectivity index is 2.54. The summed E-state index contributed by atoms with van der Waals surface area (Å²) in [6.45, 7) is 5.74. The second-order valence-electron chi connectivity index (χ2n) is 5.20. The predicted octanol–water partition coefficient (Wildman–Crippen LogP) is 3.30. The first-order chi connectivity index (χ1) is 9.58. The number of likely N-dealkylation sites (N-methyl/N-ethyl adjacent to an activating group) is 1. The molecule has 2 rings (SSSR count). The predicted molar refractivity (Wildman–Crippen MR) is 83.7 cm³/mol. The summed E-state index contributed by atoms with van der Waals surface area (Å²) < 4.78 is 7.88. The number of rotatable bonds is 6. The standard InChI is InChI=1S/C15H22ClN3O/c1-5-20-13-8-6-7-12-15(13)17-14(9-16)19(12)11(2)10-18(3)4/h6-8,11H,5,9-10H2,1-4H3. The van der Waals surface area contributed by atoms with Crippen molar-refractivity contribution in [1.29, 1.82) is 0 Å². The van der Waals surface area contributed by atoms with Gasteiger partial charge in [-0.25, -0.2) is 4.98 Å². The number of hydrogen-bond donors (Lipinski definition) is 0. The maximum Gasteiger partial charge on any atom is 0.147 e. The third-order valence-electron chi connectivity index (χ3n) is 3.25. The Morgan fingerprint density at radius 2 is 2.15 bits per heavy atom. The van der Waals surface area contributed by atoms with E-state index >= 15 is 0 Å². The van der Waals surface area contributed by atoms with Gasteiger partial charge in [0.05, 0.1) is 18.0 Å². The summed E-state index contributed by atoms with van der Waals surface area (Å²) in [7, 11) is 4.14. The normalized spacial score (nSPS) is 13.1. The number of alkyl halides is 1. The van der Waals surface area contributed by atoms with E-state index in [0.29, 0.717) is 18.5 Å². The van der Waals surface area contributed by atoms with Crippen molar-refractivity contribution in [1.82, 2.24) is 14.5 Å². The molecular formula is C15H22ClN3O. The van der Waals surface area contributed by atoms with Crippen molar-refractivity contribution < 1.29 is 4.74 Å². The van der Waals surface area contributed by atoms with E-state index in [4.69, 9.17) is 16.3 Å². The minimum Gasteiger partial charge on any atom is -0.492 e. The monoisotopic (exact) mass is 295 g/mol. The smallest absolute Gasteiger partial charge is 0.147 e. The van der Waals surface area contributed by atoms with Crippen LogP contribution in [-0.2, 0) is 5.88 Å². The summed E-state index contributed by atoms with van der Waals surface area (Å²) in [5.41, 5.74) is 1.98. The Labute approximate surface area is 125 Å². The van der Waals surface area contributed by atoms with E-state index in [-0.39, 0.29) is 0 Å². The molecule has 0 saturated heterocycles. The summed E-state index contributed by atoms with van der Waals surface area (Å²) in [6.07, 6.45) is 0. The lowest BCUT2D eigenvalue weighted by Crippen LogP contribution is -2.23. The van der Waals surface area contributed by atoms with Crippen molar-refractivity contribution in [2.75, 3.05) is 27.2 Å². The number of fused-ring (bicyclic) bond motifs is 1. The Bertz CT molecular complexity index is 580. The lowest BCUT2D eigenvalue weighted by atomic mass is 10.2. The van der Waals surface area contributed by atoms with Crippen LogP contribution < -0.4 is 4.74 Å². The number of imidazole rings is 1. The van der Waals surface area contributed by atoms with Crippen LogP contribution >= 0.6 is 11.6 Å². The number of para-hydroxylation sites is 1. The van der Waals surface area contributed by atoms with E-state index in [1.54, 1.807) is 0 Å². The van der Waals surface area contributed by atoms with E-state index in [1.165, 1.54) is 0 Å². The molecule has 0 saturated carbocycles. The molecule has 0 radical (unpaired) electrons. The first-order valence-corrected chi connectivity index (χ1v) is 7.45. The van der Waals surface area contributed by atoms with Crippen molar-refractivity contribution in [2.45, 2.75) is 25.8 Å². The molecule has 0 N–H and O–H groups in total. The van der Waals surface area contributed by atoms with Gasteiger partial charge in [-0.05, 0) is 40.1 Å². The summed E-state index contributed by atoms with van der Waals surface area (Å²) in [6, 6.07) is 6.34. The van der Waals surface area contributed by atoms with Crippen molar-refractivity contribution in [3.8, 4) is 5.75 Å². The van der Waals surface area contributed by atoms with Crippen LogP contribution in [0.15, 0.2) is 18.2 Å². The van der Waals surface area contributed by atoms with E-state index in [9.17, 15) is 0 Å². The first-order valence-electron chi connectivity index (χ1n) is 6.91. The second-order valence-corrected chi connectivity index (χ2v) is 5.47. The van der Waals surface area contributed by atoms with Gasteiger partial charge in [0.15, 0.2) is 0 Å². The average Bonchev–Trinajstić information content (AvgIpc) is 2.77. The van der Waals surface area contributed by atoms with Gasteiger partial charge in [0.2, 0.25) is 0 Å². The molecule has 0 fully saturated rings. The molecule has 1 atom stereocenters. The molecule has 20 heavy (non-hydrogen) atoms. The lowest BCUT2D eigenvalue weighted by Gasteiger charge is -2.20. The quantitative estimate of drug-likeness (QED) is 0.766. The minimum absolute atomic E-state index is 0.306. The molecule has 0 spiro atoms. The van der Waals surface area contributed by atoms with Gasteiger partial charge in [-0.3, -0.25) is 0 Å². The Kier molecular flexibility index (Phi) is 4.89. The van der Waals surface area contributed by atoms with Crippen molar-refractivity contribution in [3.05, 3.63) is 24.0 Å². The minimum atomic E-state index is 0.306. The van der Waals surface area contributed by atoms with E-state index in [0.717, 1.165) is 29.2 Å². The van der Waals surface area contributed by atoms with Crippen molar-refractivity contribution in [3.63, 3.8) is 0 Å². The number of benzene rings is 1. The zero-order valence-corrected chi connectivity index (χ0v) is 13.3. The molecule has 0 amide bonds. The maximum absolute atomic E-state index is 6.08. The van der Waals surface area contributed by atoms with Gasteiger partial charge in [-0.2, -0.15) is 0 Å². The summed E-state index contributed by atoms with van der Waals surface area (Å²) in [4.78, 5) is 6.83. The van der Waals surface area contributed by atoms with Gasteiger partial charge in [-0.1, -0.05) is 6.07 Å². The topological polar surface area (TPSA) is 30.3 Å². The fraction of sp³-hybridized carbons (Fsp3) is 0.533. The summed E-state index contributed by atoms with van der Waals surface area (Å²) >= 11 is 6.08. The zero-order valence-electron chi connectivity index (χ0n) is 12.6. The molecular weight excluding hydrogens is 274 g/mol. The SMILES string of the molecule is CCOc1cccc2c1nc(CCl)n2C(C)CN(C)C. The first kappa shape index (κ1) is 15.1. The molecule has 1 aromatic carbocycles. The van der Waals surface area contributed by atoms with Crippen LogP contribution in [0.3, 0.4) is 0 Å². The van der Waals surface area contributed by atoms with Crippen LogP contribution in [0.5, 0.6) is 5.75 Å². The fourth-order valence-corrected chi connectivity index (χ4v) is 2.80. The van der Waals surface area contributed by atoms with E-state index in [1.807, 2.05) is 19.1 Å². The molecule has 2 aromatic rings. The molecule has 0 aliphatic heterocycles. The number of nitrogens with zero attached hydrogens (tertiary/aromatic N) is 3. The lowest BCUT2D eigenvalue weighted by molar-refractivity contribution is 0.337. The highest BCUT2D eigenvalue weighted by Gasteiger charge is 2.18. The molecule has 4 nitrogen and oxygen atoms in total. The average molecular weight is 296 g/mol.